The third-order valence-corrected chi connectivity index (χ3v) is 3.43. The third-order valence-electron chi connectivity index (χ3n) is 3.06. The predicted molar refractivity (Wildman–Crippen MR) is 84.4 cm³/mol. The van der Waals surface area contributed by atoms with E-state index in [1.54, 1.807) is 0 Å². The van der Waals surface area contributed by atoms with Gasteiger partial charge in [0.2, 0.25) is 0 Å². The number of rotatable bonds is 6. The van der Waals surface area contributed by atoms with E-state index < -0.39 is 0 Å². The lowest BCUT2D eigenvalue weighted by atomic mass is 10.2. The summed E-state index contributed by atoms with van der Waals surface area (Å²) >= 11 is 6.11. The lowest BCUT2D eigenvalue weighted by Gasteiger charge is -2.16. The van der Waals surface area contributed by atoms with E-state index in [9.17, 15) is 0 Å². The monoisotopic (exact) mass is 289 g/mol. The Hall–Kier alpha value is -1.51. The summed E-state index contributed by atoms with van der Waals surface area (Å²) in [6.45, 7) is 5.65. The number of benzene rings is 2. The molecule has 1 atom stereocenters. The van der Waals surface area contributed by atoms with Crippen molar-refractivity contribution in [2.24, 2.45) is 0 Å². The SMILES string of the molecule is Cc1ccc(OC(C)CNCc2ccccc2Cl)cc1. The minimum Gasteiger partial charge on any atom is -0.489 e. The van der Waals surface area contributed by atoms with E-state index in [4.69, 9.17) is 16.3 Å². The summed E-state index contributed by atoms with van der Waals surface area (Å²) in [5, 5.41) is 4.16. The molecule has 0 amide bonds. The molecule has 1 unspecified atom stereocenters. The van der Waals surface area contributed by atoms with Crippen LogP contribution in [0.2, 0.25) is 5.02 Å². The predicted octanol–water partition coefficient (Wildman–Crippen LogP) is 4.21. The lowest BCUT2D eigenvalue weighted by molar-refractivity contribution is 0.217. The summed E-state index contributed by atoms with van der Waals surface area (Å²) in [7, 11) is 0. The number of ether oxygens (including phenoxy) is 1. The Morgan fingerprint density at radius 3 is 2.50 bits per heavy atom. The van der Waals surface area contributed by atoms with Crippen LogP contribution in [0.1, 0.15) is 18.1 Å². The smallest absolute Gasteiger partial charge is 0.119 e. The van der Waals surface area contributed by atoms with Crippen LogP contribution in [0.25, 0.3) is 0 Å². The number of hydrogen-bond donors (Lipinski definition) is 1. The highest BCUT2D eigenvalue weighted by Crippen LogP contribution is 2.15. The fraction of sp³-hybridized carbons (Fsp3) is 0.294. The van der Waals surface area contributed by atoms with Gasteiger partial charge in [-0.15, -0.1) is 0 Å². The van der Waals surface area contributed by atoms with Crippen LogP contribution in [0.4, 0.5) is 0 Å². The first-order chi connectivity index (χ1) is 9.65. The van der Waals surface area contributed by atoms with Gasteiger partial charge in [-0.1, -0.05) is 47.5 Å². The molecule has 20 heavy (non-hydrogen) atoms. The lowest BCUT2D eigenvalue weighted by Crippen LogP contribution is -2.28. The van der Waals surface area contributed by atoms with Crippen molar-refractivity contribution >= 4 is 11.6 Å². The Morgan fingerprint density at radius 1 is 1.10 bits per heavy atom. The molecule has 0 aliphatic carbocycles. The maximum atomic E-state index is 6.11. The van der Waals surface area contributed by atoms with Crippen LogP contribution < -0.4 is 10.1 Å². The Balaban J connectivity index is 1.76. The zero-order valence-corrected chi connectivity index (χ0v) is 12.7. The highest BCUT2D eigenvalue weighted by molar-refractivity contribution is 6.31. The maximum absolute atomic E-state index is 6.11. The van der Waals surface area contributed by atoms with Crippen molar-refractivity contribution in [2.45, 2.75) is 26.5 Å². The van der Waals surface area contributed by atoms with Crippen molar-refractivity contribution in [1.82, 2.24) is 5.32 Å². The molecule has 3 heteroatoms. The molecule has 2 rings (SSSR count). The van der Waals surface area contributed by atoms with Gasteiger partial charge in [-0.05, 0) is 37.6 Å². The summed E-state index contributed by atoms with van der Waals surface area (Å²) in [5.41, 5.74) is 2.35. The van der Waals surface area contributed by atoms with Crippen molar-refractivity contribution in [3.63, 3.8) is 0 Å². The third kappa shape index (κ3) is 4.55. The Kier molecular flexibility index (Phi) is 5.45. The van der Waals surface area contributed by atoms with Crippen LogP contribution in [-0.4, -0.2) is 12.6 Å². The molecule has 0 radical (unpaired) electrons. The first kappa shape index (κ1) is 14.9. The van der Waals surface area contributed by atoms with Crippen molar-refractivity contribution in [3.8, 4) is 5.75 Å². The summed E-state index contributed by atoms with van der Waals surface area (Å²) in [6.07, 6.45) is 0.111. The van der Waals surface area contributed by atoms with Crippen molar-refractivity contribution in [3.05, 3.63) is 64.7 Å². The van der Waals surface area contributed by atoms with Gasteiger partial charge in [-0.25, -0.2) is 0 Å². The quantitative estimate of drug-likeness (QED) is 0.860. The fourth-order valence-corrected chi connectivity index (χ4v) is 2.15. The molecule has 2 nitrogen and oxygen atoms in total. The summed E-state index contributed by atoms with van der Waals surface area (Å²) < 4.78 is 5.84. The number of hydrogen-bond acceptors (Lipinski definition) is 2. The van der Waals surface area contributed by atoms with E-state index in [2.05, 4.69) is 31.3 Å². The molecule has 0 aromatic heterocycles. The molecule has 1 N–H and O–H groups in total. The molecule has 0 aliphatic heterocycles. The van der Waals surface area contributed by atoms with Gasteiger partial charge >= 0.3 is 0 Å². The fourth-order valence-electron chi connectivity index (χ4n) is 1.94. The highest BCUT2D eigenvalue weighted by Gasteiger charge is 2.04. The van der Waals surface area contributed by atoms with Crippen LogP contribution >= 0.6 is 11.6 Å². The second-order valence-corrected chi connectivity index (χ2v) is 5.37. The summed E-state index contributed by atoms with van der Waals surface area (Å²) in [5.74, 6) is 0.905. The summed E-state index contributed by atoms with van der Waals surface area (Å²) in [4.78, 5) is 0. The van der Waals surface area contributed by atoms with E-state index in [1.807, 2.05) is 36.4 Å². The van der Waals surface area contributed by atoms with Crippen molar-refractivity contribution in [1.29, 1.82) is 0 Å². The number of nitrogens with one attached hydrogen (secondary N) is 1. The van der Waals surface area contributed by atoms with Crippen LogP contribution in [-0.2, 0) is 6.54 Å². The molecule has 2 aromatic rings. The highest BCUT2D eigenvalue weighted by atomic mass is 35.5. The molecule has 0 spiro atoms. The average Bonchev–Trinajstić information content (AvgIpc) is 2.43. The van der Waals surface area contributed by atoms with Gasteiger partial charge < -0.3 is 10.1 Å². The molecule has 0 heterocycles. The molecular weight excluding hydrogens is 270 g/mol. The van der Waals surface area contributed by atoms with Gasteiger partial charge in [-0.3, -0.25) is 0 Å². The molecular formula is C17H20ClNO. The Bertz CT molecular complexity index is 539. The van der Waals surface area contributed by atoms with E-state index in [0.717, 1.165) is 29.4 Å². The molecule has 0 saturated heterocycles. The van der Waals surface area contributed by atoms with Gasteiger partial charge in [-0.2, -0.15) is 0 Å². The van der Waals surface area contributed by atoms with Crippen LogP contribution in [0.15, 0.2) is 48.5 Å². The first-order valence-electron chi connectivity index (χ1n) is 6.82. The van der Waals surface area contributed by atoms with Crippen molar-refractivity contribution in [2.75, 3.05) is 6.54 Å². The zero-order valence-electron chi connectivity index (χ0n) is 11.9. The van der Waals surface area contributed by atoms with Crippen LogP contribution in [0.5, 0.6) is 5.75 Å². The van der Waals surface area contributed by atoms with E-state index in [0.29, 0.717) is 0 Å². The first-order valence-corrected chi connectivity index (χ1v) is 7.20. The molecule has 0 fully saturated rings. The van der Waals surface area contributed by atoms with Crippen molar-refractivity contribution < 1.29 is 4.74 Å². The van der Waals surface area contributed by atoms with Crippen LogP contribution in [0, 0.1) is 6.92 Å². The van der Waals surface area contributed by atoms with Gasteiger partial charge in [0.05, 0.1) is 0 Å². The summed E-state index contributed by atoms with van der Waals surface area (Å²) in [6, 6.07) is 16.0. The number of aryl methyl sites for hydroxylation is 1. The number of halogens is 1. The molecule has 106 valence electrons. The van der Waals surface area contributed by atoms with Gasteiger partial charge in [0.1, 0.15) is 11.9 Å². The molecule has 2 aromatic carbocycles. The molecule has 0 aliphatic rings. The second-order valence-electron chi connectivity index (χ2n) is 4.96. The van der Waals surface area contributed by atoms with E-state index >= 15 is 0 Å². The van der Waals surface area contributed by atoms with Crippen LogP contribution in [0.3, 0.4) is 0 Å². The average molecular weight is 290 g/mol. The van der Waals surface area contributed by atoms with Gasteiger partial charge in [0, 0.05) is 18.1 Å². The Labute approximate surface area is 125 Å². The second kappa shape index (κ2) is 7.32. The van der Waals surface area contributed by atoms with E-state index in [1.165, 1.54) is 5.56 Å². The topological polar surface area (TPSA) is 21.3 Å². The minimum atomic E-state index is 0.111. The van der Waals surface area contributed by atoms with Gasteiger partial charge in [0.25, 0.3) is 0 Å². The maximum Gasteiger partial charge on any atom is 0.119 e. The minimum absolute atomic E-state index is 0.111. The van der Waals surface area contributed by atoms with E-state index in [-0.39, 0.29) is 6.10 Å². The molecule has 0 saturated carbocycles. The zero-order chi connectivity index (χ0) is 14.4. The van der Waals surface area contributed by atoms with Gasteiger partial charge in [0.15, 0.2) is 0 Å². The standard InChI is InChI=1S/C17H20ClNO/c1-13-7-9-16(10-8-13)20-14(2)11-19-12-15-5-3-4-6-17(15)18/h3-10,14,19H,11-12H2,1-2H3. The largest absolute Gasteiger partial charge is 0.489 e. The molecule has 0 bridgehead atoms. The Morgan fingerprint density at radius 2 is 1.80 bits per heavy atom. The normalized spacial score (nSPS) is 12.2.